The number of carbonyl (C=O) groups is 1. The van der Waals surface area contributed by atoms with Gasteiger partial charge in [0.15, 0.2) is 5.82 Å². The third kappa shape index (κ3) is 5.78. The van der Waals surface area contributed by atoms with E-state index in [9.17, 15) is 4.79 Å². The van der Waals surface area contributed by atoms with Crippen molar-refractivity contribution in [1.29, 1.82) is 0 Å². The summed E-state index contributed by atoms with van der Waals surface area (Å²) in [4.78, 5) is 17.8. The molecule has 0 saturated carbocycles. The zero-order valence-corrected chi connectivity index (χ0v) is 21.2. The smallest absolute Gasteiger partial charge is 0.259 e. The molecular formula is C28H31N7O2. The Labute approximate surface area is 216 Å². The largest absolute Gasteiger partial charge is 0.477 e. The SMILES string of the molecule is CCOc1ccc(-n2ncc(C(=O)Nc3ccc(N4CCN(Cc5ccccc5)CC4)cc3)c2C)nn1. The van der Waals surface area contributed by atoms with Crippen LogP contribution in [0.2, 0.25) is 0 Å². The average Bonchev–Trinajstić information content (AvgIpc) is 3.32. The number of hydrogen-bond acceptors (Lipinski definition) is 7. The van der Waals surface area contributed by atoms with Crippen LogP contribution in [0.4, 0.5) is 11.4 Å². The maximum absolute atomic E-state index is 13.0. The minimum absolute atomic E-state index is 0.218. The monoisotopic (exact) mass is 497 g/mol. The molecule has 0 radical (unpaired) electrons. The number of benzene rings is 2. The van der Waals surface area contributed by atoms with Gasteiger partial charge in [-0.1, -0.05) is 30.3 Å². The molecule has 1 aliphatic rings. The molecule has 0 atom stereocenters. The minimum atomic E-state index is -0.218. The minimum Gasteiger partial charge on any atom is -0.477 e. The van der Waals surface area contributed by atoms with Crippen LogP contribution in [0.25, 0.3) is 5.82 Å². The summed E-state index contributed by atoms with van der Waals surface area (Å²) in [6, 6.07) is 22.1. The Hall–Kier alpha value is -4.24. The van der Waals surface area contributed by atoms with Gasteiger partial charge in [-0.2, -0.15) is 5.10 Å². The molecule has 1 amide bonds. The molecule has 0 spiro atoms. The van der Waals surface area contributed by atoms with Crippen LogP contribution in [-0.4, -0.2) is 63.6 Å². The van der Waals surface area contributed by atoms with Crippen molar-refractivity contribution in [2.45, 2.75) is 20.4 Å². The summed E-state index contributed by atoms with van der Waals surface area (Å²) in [5.74, 6) is 0.754. The molecule has 9 nitrogen and oxygen atoms in total. The molecule has 1 fully saturated rings. The van der Waals surface area contributed by atoms with E-state index >= 15 is 0 Å². The molecule has 1 aliphatic heterocycles. The van der Waals surface area contributed by atoms with Crippen molar-refractivity contribution in [3.05, 3.63) is 89.7 Å². The zero-order valence-electron chi connectivity index (χ0n) is 21.2. The summed E-state index contributed by atoms with van der Waals surface area (Å²) in [6.07, 6.45) is 1.55. The molecule has 3 heterocycles. The van der Waals surface area contributed by atoms with Gasteiger partial charge in [0.25, 0.3) is 5.91 Å². The van der Waals surface area contributed by atoms with Crippen molar-refractivity contribution in [2.24, 2.45) is 0 Å². The molecule has 2 aromatic carbocycles. The van der Waals surface area contributed by atoms with Gasteiger partial charge in [0.05, 0.1) is 24.1 Å². The van der Waals surface area contributed by atoms with Crippen molar-refractivity contribution >= 4 is 17.3 Å². The number of anilines is 2. The van der Waals surface area contributed by atoms with E-state index in [-0.39, 0.29) is 5.91 Å². The van der Waals surface area contributed by atoms with Crippen molar-refractivity contribution < 1.29 is 9.53 Å². The zero-order chi connectivity index (χ0) is 25.6. The number of rotatable bonds is 8. The lowest BCUT2D eigenvalue weighted by Gasteiger charge is -2.36. The first-order chi connectivity index (χ1) is 18.1. The third-order valence-electron chi connectivity index (χ3n) is 6.50. The fraction of sp³-hybridized carbons (Fsp3) is 0.286. The van der Waals surface area contributed by atoms with Crippen LogP contribution in [0.15, 0.2) is 72.9 Å². The van der Waals surface area contributed by atoms with Gasteiger partial charge in [-0.25, -0.2) is 4.68 Å². The van der Waals surface area contributed by atoms with Gasteiger partial charge < -0.3 is 15.0 Å². The lowest BCUT2D eigenvalue weighted by atomic mass is 10.2. The van der Waals surface area contributed by atoms with E-state index in [1.165, 1.54) is 5.56 Å². The Morgan fingerprint density at radius 3 is 2.38 bits per heavy atom. The first kappa shape index (κ1) is 24.5. The molecule has 4 aromatic rings. The molecule has 0 aliphatic carbocycles. The number of ether oxygens (including phenoxy) is 1. The molecule has 37 heavy (non-hydrogen) atoms. The Balaban J connectivity index is 1.17. The highest BCUT2D eigenvalue weighted by Crippen LogP contribution is 2.21. The molecule has 0 unspecified atom stereocenters. The summed E-state index contributed by atoms with van der Waals surface area (Å²) in [6.45, 7) is 9.23. The van der Waals surface area contributed by atoms with Gasteiger partial charge in [0, 0.05) is 50.2 Å². The lowest BCUT2D eigenvalue weighted by molar-refractivity contribution is 0.102. The van der Waals surface area contributed by atoms with E-state index in [1.54, 1.807) is 23.0 Å². The Morgan fingerprint density at radius 2 is 1.70 bits per heavy atom. The van der Waals surface area contributed by atoms with E-state index in [0.717, 1.165) is 44.1 Å². The second-order valence-electron chi connectivity index (χ2n) is 8.97. The quantitative estimate of drug-likeness (QED) is 0.394. The topological polar surface area (TPSA) is 88.4 Å². The highest BCUT2D eigenvalue weighted by Gasteiger charge is 2.19. The standard InChI is InChI=1S/C28H31N7O2/c1-3-37-27-14-13-26(31-32-27)35-21(2)25(19-29-35)28(36)30-23-9-11-24(12-10-23)34-17-15-33(16-18-34)20-22-7-5-4-6-8-22/h4-14,19H,3,15-18,20H2,1-2H3,(H,30,36). The number of nitrogens with zero attached hydrogens (tertiary/aromatic N) is 6. The molecule has 0 bridgehead atoms. The molecule has 9 heteroatoms. The van der Waals surface area contributed by atoms with Gasteiger partial charge in [0.2, 0.25) is 5.88 Å². The van der Waals surface area contributed by atoms with Crippen LogP contribution in [0, 0.1) is 6.92 Å². The second kappa shape index (κ2) is 11.2. The van der Waals surface area contributed by atoms with Crippen molar-refractivity contribution in [3.63, 3.8) is 0 Å². The number of piperazine rings is 1. The first-order valence-electron chi connectivity index (χ1n) is 12.5. The maximum Gasteiger partial charge on any atom is 0.259 e. The Morgan fingerprint density at radius 1 is 0.946 bits per heavy atom. The second-order valence-corrected chi connectivity index (χ2v) is 8.97. The van der Waals surface area contributed by atoms with Crippen LogP contribution < -0.4 is 15.0 Å². The summed E-state index contributed by atoms with van der Waals surface area (Å²) in [7, 11) is 0. The summed E-state index contributed by atoms with van der Waals surface area (Å²) < 4.78 is 6.93. The summed E-state index contributed by atoms with van der Waals surface area (Å²) >= 11 is 0. The van der Waals surface area contributed by atoms with Crippen LogP contribution in [0.5, 0.6) is 5.88 Å². The normalized spacial score (nSPS) is 13.9. The predicted molar refractivity (Wildman–Crippen MR) is 143 cm³/mol. The van der Waals surface area contributed by atoms with E-state index in [0.29, 0.717) is 29.6 Å². The number of aromatic nitrogens is 4. The van der Waals surface area contributed by atoms with Gasteiger partial charge in [0.1, 0.15) is 0 Å². The number of hydrogen-bond donors (Lipinski definition) is 1. The Kier molecular flexibility index (Phi) is 7.41. The fourth-order valence-electron chi connectivity index (χ4n) is 4.47. The van der Waals surface area contributed by atoms with E-state index in [4.69, 9.17) is 4.74 Å². The van der Waals surface area contributed by atoms with E-state index < -0.39 is 0 Å². The molecule has 1 saturated heterocycles. The lowest BCUT2D eigenvalue weighted by Crippen LogP contribution is -2.45. The third-order valence-corrected chi connectivity index (χ3v) is 6.50. The highest BCUT2D eigenvalue weighted by molar-refractivity contribution is 6.05. The average molecular weight is 498 g/mol. The number of carbonyl (C=O) groups excluding carboxylic acids is 1. The predicted octanol–water partition coefficient (Wildman–Crippen LogP) is 3.94. The molecule has 5 rings (SSSR count). The van der Waals surface area contributed by atoms with E-state index in [1.807, 2.05) is 26.0 Å². The summed E-state index contributed by atoms with van der Waals surface area (Å²) in [5.41, 5.74) is 4.42. The van der Waals surface area contributed by atoms with E-state index in [2.05, 4.69) is 72.9 Å². The van der Waals surface area contributed by atoms with Gasteiger partial charge in [-0.15, -0.1) is 10.2 Å². The first-order valence-corrected chi connectivity index (χ1v) is 12.5. The van der Waals surface area contributed by atoms with Crippen molar-refractivity contribution in [3.8, 4) is 11.7 Å². The maximum atomic E-state index is 13.0. The van der Waals surface area contributed by atoms with Crippen molar-refractivity contribution in [1.82, 2.24) is 24.9 Å². The van der Waals surface area contributed by atoms with Crippen molar-refractivity contribution in [2.75, 3.05) is 43.0 Å². The Bertz CT molecular complexity index is 1310. The van der Waals surface area contributed by atoms with Crippen LogP contribution in [-0.2, 0) is 6.54 Å². The van der Waals surface area contributed by atoms with Gasteiger partial charge >= 0.3 is 0 Å². The summed E-state index contributed by atoms with van der Waals surface area (Å²) in [5, 5.41) is 15.5. The molecule has 1 N–H and O–H groups in total. The number of amides is 1. The molecular weight excluding hydrogens is 466 g/mol. The molecule has 2 aromatic heterocycles. The molecule has 190 valence electrons. The highest BCUT2D eigenvalue weighted by atomic mass is 16.5. The fourth-order valence-corrected chi connectivity index (χ4v) is 4.47. The number of nitrogens with one attached hydrogen (secondary N) is 1. The van der Waals surface area contributed by atoms with Crippen LogP contribution in [0.3, 0.4) is 0 Å². The van der Waals surface area contributed by atoms with Gasteiger partial charge in [-0.3, -0.25) is 9.69 Å². The van der Waals surface area contributed by atoms with Gasteiger partial charge in [-0.05, 0) is 49.7 Å². The van der Waals surface area contributed by atoms with Crippen LogP contribution >= 0.6 is 0 Å². The van der Waals surface area contributed by atoms with Crippen LogP contribution in [0.1, 0.15) is 28.5 Å².